The minimum atomic E-state index is 0.150. The van der Waals surface area contributed by atoms with Crippen molar-refractivity contribution in [3.05, 3.63) is 0 Å². The van der Waals surface area contributed by atoms with Crippen molar-refractivity contribution < 1.29 is 4.74 Å². The summed E-state index contributed by atoms with van der Waals surface area (Å²) in [6.45, 7) is 6.07. The predicted molar refractivity (Wildman–Crippen MR) is 58.2 cm³/mol. The van der Waals surface area contributed by atoms with E-state index in [0.717, 1.165) is 26.2 Å². The van der Waals surface area contributed by atoms with Crippen LogP contribution in [0.2, 0.25) is 0 Å². The monoisotopic (exact) mass is 204 g/mol. The van der Waals surface area contributed by atoms with Crippen LogP contribution in [0, 0.1) is 0 Å². The third-order valence-electron chi connectivity index (χ3n) is 2.38. The lowest BCUT2D eigenvalue weighted by Crippen LogP contribution is -2.49. The number of hydrogen-bond donors (Lipinski definition) is 1. The second-order valence-corrected chi connectivity index (χ2v) is 4.55. The summed E-state index contributed by atoms with van der Waals surface area (Å²) in [6.07, 6.45) is 2.37. The van der Waals surface area contributed by atoms with Gasteiger partial charge in [-0.25, -0.2) is 0 Å². The second kappa shape index (κ2) is 5.86. The Bertz CT molecular complexity index is 144. The lowest BCUT2D eigenvalue weighted by Gasteiger charge is -2.34. The first-order valence-electron chi connectivity index (χ1n) is 4.82. The van der Waals surface area contributed by atoms with Crippen molar-refractivity contribution in [1.29, 1.82) is 0 Å². The van der Waals surface area contributed by atoms with Gasteiger partial charge in [-0.1, -0.05) is 0 Å². The van der Waals surface area contributed by atoms with Gasteiger partial charge in [0.1, 0.15) is 0 Å². The molecule has 0 amide bonds. The van der Waals surface area contributed by atoms with E-state index in [1.54, 1.807) is 0 Å². The Morgan fingerprint density at radius 1 is 1.69 bits per heavy atom. The molecule has 0 aromatic carbocycles. The molecular weight excluding hydrogens is 184 g/mol. The molecule has 0 spiro atoms. The Kier molecular flexibility index (Phi) is 5.09. The van der Waals surface area contributed by atoms with Crippen LogP contribution in [0.15, 0.2) is 0 Å². The van der Waals surface area contributed by atoms with Crippen molar-refractivity contribution >= 4 is 11.8 Å². The molecule has 2 N–H and O–H groups in total. The van der Waals surface area contributed by atoms with Gasteiger partial charge in [0.15, 0.2) is 0 Å². The highest BCUT2D eigenvalue weighted by Crippen LogP contribution is 2.08. The summed E-state index contributed by atoms with van der Waals surface area (Å²) >= 11 is 1.89. The third-order valence-corrected chi connectivity index (χ3v) is 2.97. The Hall–Kier alpha value is 0.230. The van der Waals surface area contributed by atoms with Gasteiger partial charge in [0, 0.05) is 31.4 Å². The maximum Gasteiger partial charge on any atom is 0.0850 e. The number of hydrogen-bond acceptors (Lipinski definition) is 4. The summed E-state index contributed by atoms with van der Waals surface area (Å²) in [5, 5.41) is 0. The fraction of sp³-hybridized carbons (Fsp3) is 1.00. The Labute approximate surface area is 85.0 Å². The molecule has 13 heavy (non-hydrogen) atoms. The fourth-order valence-corrected chi connectivity index (χ4v) is 1.91. The van der Waals surface area contributed by atoms with Crippen LogP contribution in [0.1, 0.15) is 6.92 Å². The SMILES string of the molecule is CSCCN1CCOC(C(C)N)C1. The number of nitrogens with two attached hydrogens (primary N) is 1. The Balaban J connectivity index is 2.25. The van der Waals surface area contributed by atoms with E-state index in [1.165, 1.54) is 5.75 Å². The van der Waals surface area contributed by atoms with Crippen LogP contribution in [0.3, 0.4) is 0 Å². The van der Waals surface area contributed by atoms with E-state index in [2.05, 4.69) is 11.2 Å². The van der Waals surface area contributed by atoms with Crippen molar-refractivity contribution in [3.63, 3.8) is 0 Å². The quantitative estimate of drug-likeness (QED) is 0.719. The number of thioether (sulfide) groups is 1. The molecule has 2 unspecified atom stereocenters. The topological polar surface area (TPSA) is 38.5 Å². The molecular formula is C9H20N2OS. The summed E-state index contributed by atoms with van der Waals surface area (Å²) in [5.41, 5.74) is 5.80. The Morgan fingerprint density at radius 2 is 2.46 bits per heavy atom. The van der Waals surface area contributed by atoms with Crippen LogP contribution in [0.4, 0.5) is 0 Å². The maximum absolute atomic E-state index is 5.80. The van der Waals surface area contributed by atoms with E-state index >= 15 is 0 Å². The van der Waals surface area contributed by atoms with E-state index in [9.17, 15) is 0 Å². The van der Waals surface area contributed by atoms with E-state index in [1.807, 2.05) is 18.7 Å². The van der Waals surface area contributed by atoms with Gasteiger partial charge >= 0.3 is 0 Å². The first-order valence-corrected chi connectivity index (χ1v) is 6.22. The lowest BCUT2D eigenvalue weighted by molar-refractivity contribution is -0.0355. The predicted octanol–water partition coefficient (Wildman–Crippen LogP) is 0.397. The summed E-state index contributed by atoms with van der Waals surface area (Å²) in [7, 11) is 0. The van der Waals surface area contributed by atoms with E-state index in [4.69, 9.17) is 10.5 Å². The zero-order chi connectivity index (χ0) is 9.68. The van der Waals surface area contributed by atoms with E-state index in [0.29, 0.717) is 0 Å². The summed E-state index contributed by atoms with van der Waals surface area (Å²) in [6, 6.07) is 0.150. The molecule has 4 heteroatoms. The van der Waals surface area contributed by atoms with Gasteiger partial charge in [-0.2, -0.15) is 11.8 Å². The average Bonchev–Trinajstić information content (AvgIpc) is 2.15. The second-order valence-electron chi connectivity index (χ2n) is 3.56. The van der Waals surface area contributed by atoms with Crippen LogP contribution < -0.4 is 5.73 Å². The lowest BCUT2D eigenvalue weighted by atomic mass is 10.1. The molecule has 1 rings (SSSR count). The molecule has 0 bridgehead atoms. The average molecular weight is 204 g/mol. The molecule has 1 aliphatic heterocycles. The number of ether oxygens (including phenoxy) is 1. The minimum absolute atomic E-state index is 0.150. The van der Waals surface area contributed by atoms with Gasteiger partial charge in [0.2, 0.25) is 0 Å². The largest absolute Gasteiger partial charge is 0.374 e. The number of morpholine rings is 1. The normalized spacial score (nSPS) is 27.5. The zero-order valence-corrected chi connectivity index (χ0v) is 9.35. The van der Waals surface area contributed by atoms with Gasteiger partial charge in [0.25, 0.3) is 0 Å². The molecule has 0 aliphatic carbocycles. The van der Waals surface area contributed by atoms with Gasteiger partial charge in [0.05, 0.1) is 12.7 Å². The van der Waals surface area contributed by atoms with Gasteiger partial charge in [-0.3, -0.25) is 4.90 Å². The highest BCUT2D eigenvalue weighted by molar-refractivity contribution is 7.98. The van der Waals surface area contributed by atoms with Gasteiger partial charge in [-0.05, 0) is 13.2 Å². The summed E-state index contributed by atoms with van der Waals surface area (Å²) in [5.74, 6) is 1.20. The smallest absolute Gasteiger partial charge is 0.0850 e. The molecule has 1 aliphatic rings. The van der Waals surface area contributed by atoms with Crippen LogP contribution in [0.5, 0.6) is 0 Å². The molecule has 3 nitrogen and oxygen atoms in total. The van der Waals surface area contributed by atoms with E-state index < -0.39 is 0 Å². The molecule has 1 fully saturated rings. The van der Waals surface area contributed by atoms with Crippen molar-refractivity contribution in [2.24, 2.45) is 5.73 Å². The van der Waals surface area contributed by atoms with Crippen molar-refractivity contribution in [1.82, 2.24) is 4.90 Å². The molecule has 78 valence electrons. The summed E-state index contributed by atoms with van der Waals surface area (Å²) in [4.78, 5) is 2.44. The number of nitrogens with zero attached hydrogens (tertiary/aromatic N) is 1. The van der Waals surface area contributed by atoms with Crippen LogP contribution in [-0.2, 0) is 4.74 Å². The van der Waals surface area contributed by atoms with Crippen molar-refractivity contribution in [2.75, 3.05) is 38.2 Å². The third kappa shape index (κ3) is 3.85. The first-order chi connectivity index (χ1) is 6.24. The van der Waals surface area contributed by atoms with E-state index in [-0.39, 0.29) is 12.1 Å². The minimum Gasteiger partial charge on any atom is -0.374 e. The van der Waals surface area contributed by atoms with Crippen LogP contribution in [-0.4, -0.2) is 55.3 Å². The Morgan fingerprint density at radius 3 is 3.08 bits per heavy atom. The highest BCUT2D eigenvalue weighted by Gasteiger charge is 2.22. The number of rotatable bonds is 4. The molecule has 0 radical (unpaired) electrons. The summed E-state index contributed by atoms with van der Waals surface area (Å²) < 4.78 is 5.58. The molecule has 0 aromatic rings. The molecule has 1 heterocycles. The molecule has 0 saturated carbocycles. The van der Waals surface area contributed by atoms with Crippen molar-refractivity contribution in [3.8, 4) is 0 Å². The fourth-order valence-electron chi connectivity index (χ4n) is 1.47. The van der Waals surface area contributed by atoms with Crippen LogP contribution in [0.25, 0.3) is 0 Å². The molecule has 1 saturated heterocycles. The standard InChI is InChI=1S/C9H20N2OS/c1-8(10)9-7-11(3-5-12-9)4-6-13-2/h8-9H,3-7,10H2,1-2H3. The molecule has 0 aromatic heterocycles. The maximum atomic E-state index is 5.80. The molecule has 2 atom stereocenters. The highest BCUT2D eigenvalue weighted by atomic mass is 32.2. The zero-order valence-electron chi connectivity index (χ0n) is 8.53. The van der Waals surface area contributed by atoms with Gasteiger partial charge in [-0.15, -0.1) is 0 Å². The van der Waals surface area contributed by atoms with Crippen molar-refractivity contribution in [2.45, 2.75) is 19.1 Å². The van der Waals surface area contributed by atoms with Gasteiger partial charge < -0.3 is 10.5 Å². The van der Waals surface area contributed by atoms with Crippen LogP contribution >= 0.6 is 11.8 Å². The first kappa shape index (κ1) is 11.3.